The maximum atomic E-state index is 12.7. The molecule has 1 aromatic heterocycles. The number of H-pyrrole nitrogens is 1. The van der Waals surface area contributed by atoms with Gasteiger partial charge in [-0.05, 0) is 30.9 Å². The molecule has 0 aliphatic heterocycles. The van der Waals surface area contributed by atoms with E-state index in [2.05, 4.69) is 40.4 Å². The lowest BCUT2D eigenvalue weighted by Gasteiger charge is -2.18. The van der Waals surface area contributed by atoms with Crippen LogP contribution in [0.25, 0.3) is 11.4 Å². The Hall–Kier alpha value is -2.60. The summed E-state index contributed by atoms with van der Waals surface area (Å²) in [5.74, 6) is 0.985. The predicted octanol–water partition coefficient (Wildman–Crippen LogP) is 5.02. The van der Waals surface area contributed by atoms with Crippen molar-refractivity contribution in [2.24, 2.45) is 0 Å². The van der Waals surface area contributed by atoms with E-state index >= 15 is 0 Å². The normalized spacial score (nSPS) is 12.2. The first-order chi connectivity index (χ1) is 13.0. The van der Waals surface area contributed by atoms with Crippen LogP contribution in [0.15, 0.2) is 53.7 Å². The highest BCUT2D eigenvalue weighted by Gasteiger charge is 2.20. The lowest BCUT2D eigenvalue weighted by molar-refractivity contribution is -0.115. The Morgan fingerprint density at radius 1 is 1.07 bits per heavy atom. The molecule has 3 rings (SSSR count). The van der Waals surface area contributed by atoms with Crippen molar-refractivity contribution in [2.45, 2.75) is 44.0 Å². The van der Waals surface area contributed by atoms with Crippen molar-refractivity contribution in [3.8, 4) is 11.4 Å². The van der Waals surface area contributed by atoms with Crippen LogP contribution >= 0.6 is 11.8 Å². The molecule has 0 aliphatic rings. The summed E-state index contributed by atoms with van der Waals surface area (Å²) in [7, 11) is 0. The Morgan fingerprint density at radius 2 is 1.81 bits per heavy atom. The molecule has 1 heterocycles. The molecular weight excluding hydrogens is 356 g/mol. The van der Waals surface area contributed by atoms with Crippen molar-refractivity contribution >= 4 is 23.4 Å². The van der Waals surface area contributed by atoms with Crippen molar-refractivity contribution in [1.29, 1.82) is 0 Å². The summed E-state index contributed by atoms with van der Waals surface area (Å²) in [6, 6.07) is 15.9. The zero-order chi connectivity index (χ0) is 19.4. The molecule has 0 unspecified atom stereocenters. The number of carbonyl (C=O) groups excluding carboxylic acids is 1. The maximum absolute atomic E-state index is 12.7. The number of nitrogens with one attached hydrogen (secondary N) is 2. The van der Waals surface area contributed by atoms with Gasteiger partial charge in [0.25, 0.3) is 0 Å². The van der Waals surface area contributed by atoms with Crippen LogP contribution < -0.4 is 5.32 Å². The van der Waals surface area contributed by atoms with E-state index in [4.69, 9.17) is 0 Å². The zero-order valence-corrected chi connectivity index (χ0v) is 16.8. The van der Waals surface area contributed by atoms with E-state index in [1.165, 1.54) is 11.8 Å². The summed E-state index contributed by atoms with van der Waals surface area (Å²) in [5, 5.41) is 10.5. The maximum Gasteiger partial charge on any atom is 0.237 e. The molecule has 2 aromatic carbocycles. The Morgan fingerprint density at radius 3 is 2.52 bits per heavy atom. The number of aryl methyl sites for hydroxylation is 1. The van der Waals surface area contributed by atoms with E-state index in [1.807, 2.05) is 56.3 Å². The Labute approximate surface area is 164 Å². The van der Waals surface area contributed by atoms with Crippen LogP contribution in [0.3, 0.4) is 0 Å². The van der Waals surface area contributed by atoms with Crippen LogP contribution in [0.1, 0.15) is 37.8 Å². The first kappa shape index (κ1) is 19.2. The predicted molar refractivity (Wildman–Crippen MR) is 111 cm³/mol. The summed E-state index contributed by atoms with van der Waals surface area (Å²) in [6.07, 6.45) is 0. The third-order valence-electron chi connectivity index (χ3n) is 4.34. The summed E-state index contributed by atoms with van der Waals surface area (Å²) < 4.78 is 0. The molecule has 3 aromatic rings. The van der Waals surface area contributed by atoms with Crippen molar-refractivity contribution < 1.29 is 4.79 Å². The molecule has 0 spiro atoms. The SMILES string of the molecule is Cc1cccc(C(C)C)c1NC(=O)[C@@H](C)Sc1n[nH]c(-c2ccccc2)n1. The zero-order valence-electron chi connectivity index (χ0n) is 16.0. The van der Waals surface area contributed by atoms with Crippen molar-refractivity contribution in [2.75, 3.05) is 5.32 Å². The second-order valence-electron chi connectivity index (χ2n) is 6.78. The van der Waals surface area contributed by atoms with Gasteiger partial charge in [-0.2, -0.15) is 0 Å². The van der Waals surface area contributed by atoms with E-state index in [-0.39, 0.29) is 11.2 Å². The average molecular weight is 381 g/mol. The molecular formula is C21H24N4OS. The van der Waals surface area contributed by atoms with Crippen molar-refractivity contribution in [1.82, 2.24) is 15.2 Å². The number of hydrogen-bond acceptors (Lipinski definition) is 4. The molecule has 0 bridgehead atoms. The molecule has 0 aliphatic carbocycles. The molecule has 6 heteroatoms. The number of rotatable bonds is 6. The van der Waals surface area contributed by atoms with Gasteiger partial charge in [0.2, 0.25) is 11.1 Å². The van der Waals surface area contributed by atoms with Gasteiger partial charge in [0, 0.05) is 11.3 Å². The lowest BCUT2D eigenvalue weighted by atomic mass is 9.98. The fourth-order valence-electron chi connectivity index (χ4n) is 2.80. The van der Waals surface area contributed by atoms with E-state index in [1.54, 1.807) is 0 Å². The van der Waals surface area contributed by atoms with Crippen molar-refractivity contribution in [3.63, 3.8) is 0 Å². The van der Waals surface area contributed by atoms with Gasteiger partial charge in [0.15, 0.2) is 5.82 Å². The minimum atomic E-state index is -0.316. The monoisotopic (exact) mass is 380 g/mol. The molecule has 0 saturated heterocycles. The first-order valence-electron chi connectivity index (χ1n) is 9.00. The van der Waals surface area contributed by atoms with E-state index in [9.17, 15) is 4.79 Å². The summed E-state index contributed by atoms with van der Waals surface area (Å²) >= 11 is 1.34. The van der Waals surface area contributed by atoms with E-state index in [0.717, 1.165) is 22.4 Å². The fraction of sp³-hybridized carbons (Fsp3) is 0.286. The topological polar surface area (TPSA) is 70.7 Å². The van der Waals surface area contributed by atoms with Crippen LogP contribution in [-0.2, 0) is 4.79 Å². The van der Waals surface area contributed by atoms with Gasteiger partial charge in [-0.15, -0.1) is 5.10 Å². The van der Waals surface area contributed by atoms with E-state index < -0.39 is 0 Å². The highest BCUT2D eigenvalue weighted by molar-refractivity contribution is 8.00. The number of amides is 1. The Kier molecular flexibility index (Phi) is 5.96. The number of aromatic nitrogens is 3. The first-order valence-corrected chi connectivity index (χ1v) is 9.88. The highest BCUT2D eigenvalue weighted by atomic mass is 32.2. The van der Waals surface area contributed by atoms with Crippen LogP contribution in [0.2, 0.25) is 0 Å². The number of carbonyl (C=O) groups is 1. The van der Waals surface area contributed by atoms with Gasteiger partial charge in [-0.25, -0.2) is 4.98 Å². The van der Waals surface area contributed by atoms with E-state index in [0.29, 0.717) is 16.9 Å². The second kappa shape index (κ2) is 8.39. The number of nitrogens with zero attached hydrogens (tertiary/aromatic N) is 2. The third-order valence-corrected chi connectivity index (χ3v) is 5.30. The van der Waals surface area contributed by atoms with Crippen LogP contribution in [0.5, 0.6) is 0 Å². The number of aromatic amines is 1. The molecule has 1 atom stereocenters. The number of anilines is 1. The standard InChI is InChI=1S/C21H24N4OS/c1-13(2)17-12-8-9-14(3)18(17)22-20(26)15(4)27-21-23-19(24-25-21)16-10-6-5-7-11-16/h5-13,15H,1-4H3,(H,22,26)(H,23,24,25)/t15-/m1/s1. The fourth-order valence-corrected chi connectivity index (χ4v) is 3.53. The number of thioether (sulfide) groups is 1. The average Bonchev–Trinajstić information content (AvgIpc) is 3.12. The smallest absolute Gasteiger partial charge is 0.237 e. The van der Waals surface area contributed by atoms with Gasteiger partial charge >= 0.3 is 0 Å². The molecule has 1 amide bonds. The minimum absolute atomic E-state index is 0.0535. The molecule has 0 fully saturated rings. The van der Waals surface area contributed by atoms with Gasteiger partial charge in [-0.3, -0.25) is 9.89 Å². The summed E-state index contributed by atoms with van der Waals surface area (Å²) in [4.78, 5) is 17.2. The Balaban J connectivity index is 1.70. The lowest BCUT2D eigenvalue weighted by Crippen LogP contribution is -2.24. The van der Waals surface area contributed by atoms with Crippen LogP contribution in [0.4, 0.5) is 5.69 Å². The quantitative estimate of drug-likeness (QED) is 0.589. The molecule has 0 radical (unpaired) electrons. The molecule has 27 heavy (non-hydrogen) atoms. The van der Waals surface area contributed by atoms with Gasteiger partial charge in [0.05, 0.1) is 5.25 Å². The molecule has 5 nitrogen and oxygen atoms in total. The molecule has 0 saturated carbocycles. The van der Waals surface area contributed by atoms with Gasteiger partial charge in [-0.1, -0.05) is 74.1 Å². The second-order valence-corrected chi connectivity index (χ2v) is 8.08. The molecule has 140 valence electrons. The summed E-state index contributed by atoms with van der Waals surface area (Å²) in [5.41, 5.74) is 4.08. The summed E-state index contributed by atoms with van der Waals surface area (Å²) in [6.45, 7) is 8.13. The van der Waals surface area contributed by atoms with Gasteiger partial charge in [0.1, 0.15) is 0 Å². The number of para-hydroxylation sites is 1. The highest BCUT2D eigenvalue weighted by Crippen LogP contribution is 2.29. The number of hydrogen-bond donors (Lipinski definition) is 2. The van der Waals surface area contributed by atoms with Crippen molar-refractivity contribution in [3.05, 3.63) is 59.7 Å². The van der Waals surface area contributed by atoms with Gasteiger partial charge < -0.3 is 5.32 Å². The van der Waals surface area contributed by atoms with Crippen LogP contribution in [-0.4, -0.2) is 26.3 Å². The third kappa shape index (κ3) is 4.57. The number of benzene rings is 2. The molecule has 2 N–H and O–H groups in total. The van der Waals surface area contributed by atoms with Crippen LogP contribution in [0, 0.1) is 6.92 Å². The largest absolute Gasteiger partial charge is 0.325 e. The Bertz CT molecular complexity index is 921. The minimum Gasteiger partial charge on any atom is -0.325 e.